The first kappa shape index (κ1) is 22.0. The molecule has 0 atom stereocenters. The Morgan fingerprint density at radius 3 is 2.26 bits per heavy atom. The average Bonchev–Trinajstić information content (AvgIpc) is 2.89. The van der Waals surface area contributed by atoms with Gasteiger partial charge < -0.3 is 9.80 Å². The van der Waals surface area contributed by atoms with Gasteiger partial charge in [0.2, 0.25) is 0 Å². The van der Waals surface area contributed by atoms with Gasteiger partial charge in [0.1, 0.15) is 0 Å². The van der Waals surface area contributed by atoms with Crippen LogP contribution in [0.5, 0.6) is 0 Å². The number of para-hydroxylation sites is 1. The predicted octanol–water partition coefficient (Wildman–Crippen LogP) is 3.57. The minimum absolute atomic E-state index is 0.0398. The van der Waals surface area contributed by atoms with E-state index in [4.69, 9.17) is 0 Å². The molecule has 4 aromatic rings. The van der Waals surface area contributed by atoms with Crippen molar-refractivity contribution in [2.24, 2.45) is 0 Å². The lowest BCUT2D eigenvalue weighted by Gasteiger charge is -2.36. The van der Waals surface area contributed by atoms with E-state index in [1.165, 1.54) is 0 Å². The highest BCUT2D eigenvalue weighted by atomic mass is 32.2. The van der Waals surface area contributed by atoms with Crippen LogP contribution in [-0.4, -0.2) is 55.4 Å². The minimum atomic E-state index is -3.59. The number of sulfone groups is 1. The second-order valence-electron chi connectivity index (χ2n) is 8.27. The van der Waals surface area contributed by atoms with Crippen molar-refractivity contribution in [2.45, 2.75) is 10.6 Å². The molecule has 0 N–H and O–H groups in total. The molecule has 8 heteroatoms. The summed E-state index contributed by atoms with van der Waals surface area (Å²) in [7, 11) is -3.59. The van der Waals surface area contributed by atoms with Gasteiger partial charge in [0, 0.05) is 61.4 Å². The van der Waals surface area contributed by atoms with Gasteiger partial charge in [-0.15, -0.1) is 0 Å². The standard InChI is InChI=1S/C26H24N4O3S/c31-26(30-17-15-29(16-18-30)23-10-13-27-14-11-23)22-8-6-20(7-9-22)19-34(32,33)24-5-1-3-21-4-2-12-28-25(21)24/h1-14H,15-19H2. The van der Waals surface area contributed by atoms with Crippen LogP contribution in [0.15, 0.2) is 90.2 Å². The first-order valence-corrected chi connectivity index (χ1v) is 12.8. The van der Waals surface area contributed by atoms with E-state index >= 15 is 0 Å². The Morgan fingerprint density at radius 1 is 0.824 bits per heavy atom. The Labute approximate surface area is 198 Å². The minimum Gasteiger partial charge on any atom is -0.368 e. The molecule has 0 radical (unpaired) electrons. The third kappa shape index (κ3) is 4.49. The van der Waals surface area contributed by atoms with E-state index in [1.807, 2.05) is 29.2 Å². The van der Waals surface area contributed by atoms with Crippen LogP contribution in [0.25, 0.3) is 10.9 Å². The van der Waals surface area contributed by atoms with Crippen LogP contribution >= 0.6 is 0 Å². The molecule has 34 heavy (non-hydrogen) atoms. The summed E-state index contributed by atoms with van der Waals surface area (Å²) < 4.78 is 26.2. The number of hydrogen-bond donors (Lipinski definition) is 0. The van der Waals surface area contributed by atoms with Gasteiger partial charge in [-0.1, -0.05) is 30.3 Å². The van der Waals surface area contributed by atoms with Crippen LogP contribution in [0.3, 0.4) is 0 Å². The van der Waals surface area contributed by atoms with Crippen molar-refractivity contribution < 1.29 is 13.2 Å². The summed E-state index contributed by atoms with van der Waals surface area (Å²) in [6.45, 7) is 2.77. The van der Waals surface area contributed by atoms with E-state index in [1.54, 1.807) is 61.1 Å². The van der Waals surface area contributed by atoms with Gasteiger partial charge in [-0.2, -0.15) is 0 Å². The van der Waals surface area contributed by atoms with Gasteiger partial charge in [0.05, 0.1) is 16.2 Å². The number of carbonyl (C=O) groups excluding carboxylic acids is 1. The monoisotopic (exact) mass is 472 g/mol. The SMILES string of the molecule is O=C(c1ccc(CS(=O)(=O)c2cccc3cccnc23)cc1)N1CCN(c2ccncc2)CC1. The summed E-state index contributed by atoms with van der Waals surface area (Å²) in [6.07, 6.45) is 5.13. The zero-order valence-corrected chi connectivity index (χ0v) is 19.4. The van der Waals surface area contributed by atoms with E-state index in [0.29, 0.717) is 29.7 Å². The fraction of sp³-hybridized carbons (Fsp3) is 0.192. The van der Waals surface area contributed by atoms with Crippen LogP contribution in [-0.2, 0) is 15.6 Å². The number of rotatable bonds is 5. The number of carbonyl (C=O) groups is 1. The third-order valence-corrected chi connectivity index (χ3v) is 7.80. The highest BCUT2D eigenvalue weighted by Gasteiger charge is 2.23. The molecular weight excluding hydrogens is 448 g/mol. The maximum Gasteiger partial charge on any atom is 0.253 e. The number of benzene rings is 2. The molecule has 1 saturated heterocycles. The molecule has 2 aromatic carbocycles. The molecular formula is C26H24N4O3S. The number of nitrogens with zero attached hydrogens (tertiary/aromatic N) is 4. The van der Waals surface area contributed by atoms with Crippen molar-refractivity contribution in [3.8, 4) is 0 Å². The van der Waals surface area contributed by atoms with Gasteiger partial charge >= 0.3 is 0 Å². The Bertz CT molecular complexity index is 1410. The normalized spacial score (nSPS) is 14.4. The molecule has 1 amide bonds. The molecule has 0 bridgehead atoms. The summed E-state index contributed by atoms with van der Waals surface area (Å²) in [5, 5.41) is 0.786. The van der Waals surface area contributed by atoms with Crippen molar-refractivity contribution in [3.63, 3.8) is 0 Å². The van der Waals surface area contributed by atoms with Crippen LogP contribution in [0.2, 0.25) is 0 Å². The fourth-order valence-corrected chi connectivity index (χ4v) is 5.81. The van der Waals surface area contributed by atoms with Crippen molar-refractivity contribution >= 4 is 32.3 Å². The largest absolute Gasteiger partial charge is 0.368 e. The molecule has 0 aliphatic carbocycles. The second-order valence-corrected chi connectivity index (χ2v) is 10.2. The van der Waals surface area contributed by atoms with E-state index in [9.17, 15) is 13.2 Å². The zero-order chi connectivity index (χ0) is 23.5. The number of anilines is 1. The smallest absolute Gasteiger partial charge is 0.253 e. The van der Waals surface area contributed by atoms with E-state index in [2.05, 4.69) is 14.9 Å². The highest BCUT2D eigenvalue weighted by molar-refractivity contribution is 7.90. The molecule has 2 aromatic heterocycles. The van der Waals surface area contributed by atoms with E-state index in [-0.39, 0.29) is 16.6 Å². The molecule has 0 spiro atoms. The first-order chi connectivity index (χ1) is 16.5. The van der Waals surface area contributed by atoms with Crippen LogP contribution in [0.1, 0.15) is 15.9 Å². The Morgan fingerprint density at radius 2 is 1.53 bits per heavy atom. The second kappa shape index (κ2) is 9.23. The Balaban J connectivity index is 1.26. The molecule has 1 aliphatic heterocycles. The lowest BCUT2D eigenvalue weighted by molar-refractivity contribution is 0.0747. The van der Waals surface area contributed by atoms with Crippen LogP contribution in [0, 0.1) is 0 Å². The molecule has 0 unspecified atom stereocenters. The Hall–Kier alpha value is -3.78. The number of piperazine rings is 1. The summed E-state index contributed by atoms with van der Waals surface area (Å²) in [6, 6.07) is 19.6. The molecule has 0 saturated carbocycles. The predicted molar refractivity (Wildman–Crippen MR) is 131 cm³/mol. The maximum atomic E-state index is 13.1. The average molecular weight is 473 g/mol. The van der Waals surface area contributed by atoms with Gasteiger partial charge in [-0.05, 0) is 42.0 Å². The highest BCUT2D eigenvalue weighted by Crippen LogP contribution is 2.24. The van der Waals surface area contributed by atoms with Crippen molar-refractivity contribution in [1.29, 1.82) is 0 Å². The van der Waals surface area contributed by atoms with Crippen molar-refractivity contribution in [2.75, 3.05) is 31.1 Å². The van der Waals surface area contributed by atoms with Gasteiger partial charge in [-0.25, -0.2) is 8.42 Å². The number of hydrogen-bond acceptors (Lipinski definition) is 6. The molecule has 7 nitrogen and oxygen atoms in total. The molecule has 3 heterocycles. The van der Waals surface area contributed by atoms with E-state index in [0.717, 1.165) is 24.2 Å². The fourth-order valence-electron chi connectivity index (χ4n) is 4.27. The number of amides is 1. The number of fused-ring (bicyclic) bond motifs is 1. The van der Waals surface area contributed by atoms with E-state index < -0.39 is 9.84 Å². The van der Waals surface area contributed by atoms with Crippen LogP contribution in [0.4, 0.5) is 5.69 Å². The Kier molecular flexibility index (Phi) is 5.98. The summed E-state index contributed by atoms with van der Waals surface area (Å²) >= 11 is 0. The first-order valence-electron chi connectivity index (χ1n) is 11.1. The molecule has 1 aliphatic rings. The topological polar surface area (TPSA) is 83.5 Å². The maximum absolute atomic E-state index is 13.1. The van der Waals surface area contributed by atoms with Gasteiger partial charge in [-0.3, -0.25) is 14.8 Å². The zero-order valence-electron chi connectivity index (χ0n) is 18.5. The van der Waals surface area contributed by atoms with Gasteiger partial charge in [0.25, 0.3) is 5.91 Å². The molecule has 1 fully saturated rings. The van der Waals surface area contributed by atoms with Crippen LogP contribution < -0.4 is 4.90 Å². The van der Waals surface area contributed by atoms with Crippen molar-refractivity contribution in [3.05, 3.63) is 96.4 Å². The van der Waals surface area contributed by atoms with Crippen molar-refractivity contribution in [1.82, 2.24) is 14.9 Å². The third-order valence-electron chi connectivity index (χ3n) is 6.08. The lowest BCUT2D eigenvalue weighted by Crippen LogP contribution is -2.48. The quantitative estimate of drug-likeness (QED) is 0.442. The number of pyridine rings is 2. The van der Waals surface area contributed by atoms with Gasteiger partial charge in [0.15, 0.2) is 9.84 Å². The molecule has 5 rings (SSSR count). The lowest BCUT2D eigenvalue weighted by atomic mass is 10.1. The summed E-state index contributed by atoms with van der Waals surface area (Å²) in [5.41, 5.74) is 2.77. The summed E-state index contributed by atoms with van der Waals surface area (Å²) in [4.78, 5) is 25.6. The number of aromatic nitrogens is 2. The molecule has 172 valence electrons. The summed E-state index contributed by atoms with van der Waals surface area (Å²) in [5.74, 6) is -0.191.